The van der Waals surface area contributed by atoms with Crippen molar-refractivity contribution in [2.24, 2.45) is 0 Å². The second-order valence-electron chi connectivity index (χ2n) is 5.44. The molecule has 0 radical (unpaired) electrons. The second kappa shape index (κ2) is 7.18. The quantitative estimate of drug-likeness (QED) is 0.697. The fraction of sp³-hybridized carbons (Fsp3) is 0.158. The predicted octanol–water partition coefficient (Wildman–Crippen LogP) is 3.70. The van der Waals surface area contributed by atoms with Crippen molar-refractivity contribution in [3.63, 3.8) is 0 Å². The first kappa shape index (κ1) is 17.3. The lowest BCUT2D eigenvalue weighted by Crippen LogP contribution is -2.05. The number of carbonyl (C=O) groups is 1. The molecule has 7 nitrogen and oxygen atoms in total. The number of benzene rings is 2. The third kappa shape index (κ3) is 3.32. The predicted molar refractivity (Wildman–Crippen MR) is 98.1 cm³/mol. The largest absolute Gasteiger partial charge is 0.497 e. The maximum Gasteiger partial charge on any atom is 0.339 e. The van der Waals surface area contributed by atoms with Gasteiger partial charge in [-0.2, -0.15) is 0 Å². The number of pyridine rings is 1. The maximum absolute atomic E-state index is 11.7. The Hall–Kier alpha value is -3.48. The van der Waals surface area contributed by atoms with E-state index in [2.05, 4.69) is 10.3 Å². The van der Waals surface area contributed by atoms with Crippen LogP contribution in [-0.2, 0) is 0 Å². The van der Waals surface area contributed by atoms with Gasteiger partial charge in [0.25, 0.3) is 0 Å². The number of rotatable bonds is 6. The molecule has 1 heterocycles. The zero-order chi connectivity index (χ0) is 18.7. The molecule has 0 atom stereocenters. The van der Waals surface area contributed by atoms with Crippen molar-refractivity contribution >= 4 is 28.4 Å². The highest BCUT2D eigenvalue weighted by Crippen LogP contribution is 2.32. The van der Waals surface area contributed by atoms with Crippen LogP contribution in [-0.4, -0.2) is 37.4 Å². The van der Waals surface area contributed by atoms with Gasteiger partial charge in [-0.3, -0.25) is 0 Å². The summed E-state index contributed by atoms with van der Waals surface area (Å²) < 4.78 is 15.7. The van der Waals surface area contributed by atoms with Gasteiger partial charge in [-0.15, -0.1) is 0 Å². The molecule has 0 amide bonds. The summed E-state index contributed by atoms with van der Waals surface area (Å²) in [6, 6.07) is 12.1. The normalized spacial score (nSPS) is 10.4. The maximum atomic E-state index is 11.7. The third-order valence-electron chi connectivity index (χ3n) is 3.90. The van der Waals surface area contributed by atoms with E-state index in [-0.39, 0.29) is 11.4 Å². The topological polar surface area (TPSA) is 89.9 Å². The minimum atomic E-state index is -1.07. The van der Waals surface area contributed by atoms with Crippen LogP contribution in [0.15, 0.2) is 42.5 Å². The number of anilines is 2. The summed E-state index contributed by atoms with van der Waals surface area (Å²) in [5, 5.41) is 13.3. The molecule has 2 N–H and O–H groups in total. The van der Waals surface area contributed by atoms with Gasteiger partial charge in [0.05, 0.1) is 26.8 Å². The van der Waals surface area contributed by atoms with Crippen LogP contribution in [0.5, 0.6) is 17.2 Å². The summed E-state index contributed by atoms with van der Waals surface area (Å²) in [5.41, 5.74) is 1.31. The Balaban J connectivity index is 2.07. The van der Waals surface area contributed by atoms with Crippen molar-refractivity contribution < 1.29 is 24.1 Å². The molecule has 3 aromatic rings. The molecule has 0 unspecified atom stereocenters. The van der Waals surface area contributed by atoms with E-state index >= 15 is 0 Å². The van der Waals surface area contributed by atoms with Gasteiger partial charge in [0, 0.05) is 23.2 Å². The molecule has 0 saturated heterocycles. The molecule has 134 valence electrons. The first-order valence-electron chi connectivity index (χ1n) is 7.77. The molecular weight excluding hydrogens is 336 g/mol. The molecule has 0 spiro atoms. The number of nitrogens with one attached hydrogen (secondary N) is 1. The fourth-order valence-corrected chi connectivity index (χ4v) is 2.58. The highest BCUT2D eigenvalue weighted by atomic mass is 16.5. The first-order valence-corrected chi connectivity index (χ1v) is 7.77. The van der Waals surface area contributed by atoms with Gasteiger partial charge < -0.3 is 24.6 Å². The van der Waals surface area contributed by atoms with Gasteiger partial charge >= 0.3 is 5.97 Å². The molecule has 2 aromatic carbocycles. The van der Waals surface area contributed by atoms with Gasteiger partial charge in [-0.05, 0) is 30.3 Å². The van der Waals surface area contributed by atoms with Gasteiger partial charge in [-0.1, -0.05) is 0 Å². The van der Waals surface area contributed by atoms with Gasteiger partial charge in [0.1, 0.15) is 17.1 Å². The SMILES string of the molecule is COc1ccc2cc(C(=O)O)c(Nc3ccc(OC)c(OC)c3)nc2c1. The minimum Gasteiger partial charge on any atom is -0.497 e. The van der Waals surface area contributed by atoms with E-state index in [1.807, 2.05) is 0 Å². The number of aromatic carboxylic acids is 1. The van der Waals surface area contributed by atoms with E-state index in [4.69, 9.17) is 14.2 Å². The van der Waals surface area contributed by atoms with Crippen LogP contribution in [0.1, 0.15) is 10.4 Å². The number of fused-ring (bicyclic) bond motifs is 1. The van der Waals surface area contributed by atoms with Crippen LogP contribution < -0.4 is 19.5 Å². The number of hydrogen-bond acceptors (Lipinski definition) is 6. The second-order valence-corrected chi connectivity index (χ2v) is 5.44. The Bertz CT molecular complexity index is 972. The molecule has 1 aromatic heterocycles. The molecule has 0 aliphatic heterocycles. The van der Waals surface area contributed by atoms with Gasteiger partial charge in [0.15, 0.2) is 11.5 Å². The summed E-state index contributed by atoms with van der Waals surface area (Å²) >= 11 is 0. The molecule has 0 fully saturated rings. The Morgan fingerprint density at radius 1 is 0.962 bits per heavy atom. The number of nitrogens with zero attached hydrogens (tertiary/aromatic N) is 1. The molecule has 3 rings (SSSR count). The summed E-state index contributed by atoms with van der Waals surface area (Å²) in [6.07, 6.45) is 0. The number of ether oxygens (including phenoxy) is 3. The number of carboxylic acid groups (broad SMARTS) is 1. The van der Waals surface area contributed by atoms with Crippen molar-refractivity contribution in [1.82, 2.24) is 4.98 Å². The van der Waals surface area contributed by atoms with E-state index in [1.165, 1.54) is 7.11 Å². The first-order chi connectivity index (χ1) is 12.5. The van der Waals surface area contributed by atoms with Crippen molar-refractivity contribution in [3.05, 3.63) is 48.0 Å². The fourth-order valence-electron chi connectivity index (χ4n) is 2.58. The standard InChI is InChI=1S/C19H18N2O5/c1-24-13-6-4-11-8-14(19(22)23)18(21-15(11)10-13)20-12-5-7-16(25-2)17(9-12)26-3/h4-10H,1-3H3,(H,20,21)(H,22,23). The van der Waals surface area contributed by atoms with Crippen molar-refractivity contribution in [2.75, 3.05) is 26.6 Å². The number of aromatic nitrogens is 1. The van der Waals surface area contributed by atoms with Crippen molar-refractivity contribution in [1.29, 1.82) is 0 Å². The Morgan fingerprint density at radius 2 is 1.73 bits per heavy atom. The molecule has 0 saturated carbocycles. The van der Waals surface area contributed by atoms with E-state index in [0.29, 0.717) is 33.8 Å². The van der Waals surface area contributed by atoms with Gasteiger partial charge in [-0.25, -0.2) is 9.78 Å². The van der Waals surface area contributed by atoms with Crippen molar-refractivity contribution in [2.45, 2.75) is 0 Å². The van der Waals surface area contributed by atoms with E-state index in [9.17, 15) is 9.90 Å². The molecule has 0 aliphatic rings. The van der Waals surface area contributed by atoms with Crippen LogP contribution in [0.2, 0.25) is 0 Å². The molecule has 0 bridgehead atoms. The molecular formula is C19H18N2O5. The zero-order valence-electron chi connectivity index (χ0n) is 14.6. The summed E-state index contributed by atoms with van der Waals surface area (Å²) in [4.78, 5) is 16.1. The van der Waals surface area contributed by atoms with Crippen LogP contribution in [0.3, 0.4) is 0 Å². The minimum absolute atomic E-state index is 0.0671. The molecule has 0 aliphatic carbocycles. The monoisotopic (exact) mass is 354 g/mol. The van der Waals surface area contributed by atoms with E-state index in [0.717, 1.165) is 0 Å². The molecule has 26 heavy (non-hydrogen) atoms. The lowest BCUT2D eigenvalue weighted by Gasteiger charge is -2.13. The average molecular weight is 354 g/mol. The Morgan fingerprint density at radius 3 is 2.38 bits per heavy atom. The Labute approximate surface area is 150 Å². The van der Waals surface area contributed by atoms with E-state index < -0.39 is 5.97 Å². The number of hydrogen-bond donors (Lipinski definition) is 2. The number of methoxy groups -OCH3 is 3. The summed E-state index contributed by atoms with van der Waals surface area (Å²) in [5.74, 6) is 0.901. The van der Waals surface area contributed by atoms with Crippen LogP contribution in [0.4, 0.5) is 11.5 Å². The molecule has 7 heteroatoms. The van der Waals surface area contributed by atoms with E-state index in [1.54, 1.807) is 56.7 Å². The van der Waals surface area contributed by atoms with Crippen molar-refractivity contribution in [3.8, 4) is 17.2 Å². The van der Waals surface area contributed by atoms with Crippen LogP contribution in [0, 0.1) is 0 Å². The number of carboxylic acids is 1. The smallest absolute Gasteiger partial charge is 0.339 e. The average Bonchev–Trinajstić information content (AvgIpc) is 2.66. The Kier molecular flexibility index (Phi) is 4.79. The highest BCUT2D eigenvalue weighted by Gasteiger charge is 2.15. The summed E-state index contributed by atoms with van der Waals surface area (Å²) in [7, 11) is 4.65. The zero-order valence-corrected chi connectivity index (χ0v) is 14.6. The lowest BCUT2D eigenvalue weighted by atomic mass is 10.1. The van der Waals surface area contributed by atoms with Crippen LogP contribution in [0.25, 0.3) is 10.9 Å². The highest BCUT2D eigenvalue weighted by molar-refractivity contribution is 5.99. The third-order valence-corrected chi connectivity index (χ3v) is 3.90. The summed E-state index contributed by atoms with van der Waals surface area (Å²) in [6.45, 7) is 0. The van der Waals surface area contributed by atoms with Gasteiger partial charge in [0.2, 0.25) is 0 Å². The van der Waals surface area contributed by atoms with Crippen LogP contribution >= 0.6 is 0 Å². The lowest BCUT2D eigenvalue weighted by molar-refractivity contribution is 0.0698.